The Hall–Kier alpha value is 2.03. The topological polar surface area (TPSA) is 0 Å². The molecule has 0 saturated heterocycles. The molecular formula is C10H11Cl7. The first kappa shape index (κ1) is 15.4. The number of hydrogen-bond donors (Lipinski definition) is 0. The molecule has 17 heavy (non-hydrogen) atoms. The lowest BCUT2D eigenvalue weighted by atomic mass is 9.70. The van der Waals surface area contributed by atoms with Crippen LogP contribution >= 0.6 is 81.2 Å². The van der Waals surface area contributed by atoms with Crippen LogP contribution in [0.4, 0.5) is 0 Å². The molecule has 100 valence electrons. The van der Waals surface area contributed by atoms with Crippen LogP contribution in [0.3, 0.4) is 0 Å². The fraction of sp³-hybridized carbons (Fsp3) is 1.00. The van der Waals surface area contributed by atoms with Gasteiger partial charge in [0.2, 0.25) is 0 Å². The van der Waals surface area contributed by atoms with E-state index in [1.54, 1.807) is 0 Å². The van der Waals surface area contributed by atoms with Gasteiger partial charge in [-0.1, -0.05) is 6.92 Å². The number of rotatable bonds is 2. The van der Waals surface area contributed by atoms with Gasteiger partial charge in [0.05, 0.1) is 0 Å². The average molecular weight is 379 g/mol. The maximum atomic E-state index is 6.41. The molecule has 0 nitrogen and oxygen atoms in total. The molecule has 2 saturated carbocycles. The van der Waals surface area contributed by atoms with Gasteiger partial charge in [0, 0.05) is 22.6 Å². The molecule has 2 fully saturated rings. The molecule has 2 aliphatic rings. The van der Waals surface area contributed by atoms with Gasteiger partial charge in [-0.2, -0.15) is 0 Å². The second-order valence-electron chi connectivity index (χ2n) is 5.21. The molecule has 0 aromatic carbocycles. The summed E-state index contributed by atoms with van der Waals surface area (Å²) in [7, 11) is 0. The Morgan fingerprint density at radius 1 is 1.18 bits per heavy atom. The Kier molecular flexibility index (Phi) is 3.87. The zero-order valence-electron chi connectivity index (χ0n) is 8.92. The van der Waals surface area contributed by atoms with Crippen molar-refractivity contribution in [3.63, 3.8) is 0 Å². The highest BCUT2D eigenvalue weighted by atomic mass is 35.5. The zero-order chi connectivity index (χ0) is 13.3. The maximum absolute atomic E-state index is 6.41. The van der Waals surface area contributed by atoms with Crippen molar-refractivity contribution in [2.75, 3.05) is 5.88 Å². The van der Waals surface area contributed by atoms with Crippen molar-refractivity contribution in [2.45, 2.75) is 33.3 Å². The highest BCUT2D eigenvalue weighted by Crippen LogP contribution is 2.80. The van der Waals surface area contributed by atoms with E-state index in [1.165, 1.54) is 0 Å². The van der Waals surface area contributed by atoms with E-state index in [1.807, 2.05) is 6.92 Å². The standard InChI is InChI=1S/C10H11Cl7/c1-7-3-9(14,15)5(2-10(7,16)17)8(7,4-11)6(12)13/h5-6H,2-4H2,1H3. The lowest BCUT2D eigenvalue weighted by molar-refractivity contribution is 0.142. The second-order valence-corrected chi connectivity index (χ2v) is 9.60. The number of hydrogen-bond acceptors (Lipinski definition) is 0. The average Bonchev–Trinajstić information content (AvgIpc) is 2.42. The lowest BCUT2D eigenvalue weighted by Crippen LogP contribution is -2.47. The maximum Gasteiger partial charge on any atom is 0.124 e. The number of halogens is 7. The minimum absolute atomic E-state index is 0.212. The third-order valence-electron chi connectivity index (χ3n) is 4.63. The summed E-state index contributed by atoms with van der Waals surface area (Å²) in [5.74, 6) is 0.0182. The molecule has 0 spiro atoms. The largest absolute Gasteiger partial charge is 0.126 e. The molecule has 7 heteroatoms. The molecule has 0 N–H and O–H groups in total. The number of alkyl halides is 7. The third kappa shape index (κ3) is 1.71. The van der Waals surface area contributed by atoms with E-state index in [9.17, 15) is 0 Å². The SMILES string of the molecule is CC12CC(Cl)(Cl)C(CC1(Cl)Cl)C2(CCl)C(Cl)Cl. The number of fused-ring (bicyclic) bond motifs is 2. The minimum Gasteiger partial charge on any atom is -0.126 e. The van der Waals surface area contributed by atoms with Gasteiger partial charge in [0.25, 0.3) is 0 Å². The Morgan fingerprint density at radius 3 is 1.94 bits per heavy atom. The van der Waals surface area contributed by atoms with Gasteiger partial charge in [-0.3, -0.25) is 0 Å². The lowest BCUT2D eigenvalue weighted by Gasteiger charge is -2.44. The first-order valence-corrected chi connectivity index (χ1v) is 8.07. The molecule has 0 aromatic heterocycles. The van der Waals surface area contributed by atoms with Gasteiger partial charge < -0.3 is 0 Å². The fourth-order valence-corrected chi connectivity index (χ4v) is 7.10. The summed E-state index contributed by atoms with van der Waals surface area (Å²) in [5.41, 5.74) is -1.27. The molecule has 2 rings (SSSR count). The summed E-state index contributed by atoms with van der Waals surface area (Å²) in [4.78, 5) is -0.714. The first-order valence-electron chi connectivity index (χ1n) is 5.15. The molecular weight excluding hydrogens is 368 g/mol. The Balaban J connectivity index is 2.61. The predicted molar refractivity (Wildman–Crippen MR) is 78.4 cm³/mol. The van der Waals surface area contributed by atoms with Gasteiger partial charge in [0.15, 0.2) is 0 Å². The summed E-state index contributed by atoms with van der Waals surface area (Å²) >= 11 is 44.0. The van der Waals surface area contributed by atoms with E-state index in [0.29, 0.717) is 12.8 Å². The van der Waals surface area contributed by atoms with Crippen LogP contribution in [0.5, 0.6) is 0 Å². The molecule has 0 aromatic rings. The molecule has 0 aliphatic heterocycles. The van der Waals surface area contributed by atoms with Gasteiger partial charge in [0.1, 0.15) is 13.5 Å². The third-order valence-corrected chi connectivity index (χ3v) is 7.78. The molecule has 2 aliphatic carbocycles. The molecule has 0 heterocycles. The van der Waals surface area contributed by atoms with Crippen molar-refractivity contribution in [3.05, 3.63) is 0 Å². The summed E-state index contributed by atoms with van der Waals surface area (Å²) in [5, 5.41) is 0. The van der Waals surface area contributed by atoms with Gasteiger partial charge >= 0.3 is 0 Å². The van der Waals surface area contributed by atoms with Gasteiger partial charge in [-0.25, -0.2) is 0 Å². The quantitative estimate of drug-likeness (QED) is 0.533. The van der Waals surface area contributed by atoms with E-state index in [4.69, 9.17) is 81.2 Å². The van der Waals surface area contributed by atoms with E-state index in [0.717, 1.165) is 0 Å². The van der Waals surface area contributed by atoms with Crippen LogP contribution in [-0.4, -0.2) is 19.4 Å². The summed E-state index contributed by atoms with van der Waals surface area (Å²) < 4.78 is -1.89. The molecule has 3 atom stereocenters. The van der Waals surface area contributed by atoms with Crippen LogP contribution in [0.25, 0.3) is 0 Å². The fourth-order valence-electron chi connectivity index (χ4n) is 3.50. The van der Waals surface area contributed by atoms with Crippen molar-refractivity contribution in [2.24, 2.45) is 16.7 Å². The Morgan fingerprint density at radius 2 is 1.71 bits per heavy atom. The van der Waals surface area contributed by atoms with Gasteiger partial charge in [-0.15, -0.1) is 81.2 Å². The molecule has 0 amide bonds. The minimum atomic E-state index is -0.956. The van der Waals surface area contributed by atoms with E-state index < -0.39 is 24.3 Å². The van der Waals surface area contributed by atoms with E-state index >= 15 is 0 Å². The molecule has 3 unspecified atom stereocenters. The monoisotopic (exact) mass is 376 g/mol. The van der Waals surface area contributed by atoms with Crippen molar-refractivity contribution < 1.29 is 0 Å². The zero-order valence-corrected chi connectivity index (χ0v) is 14.2. The van der Waals surface area contributed by atoms with Gasteiger partial charge in [-0.05, 0) is 12.8 Å². The van der Waals surface area contributed by atoms with Crippen molar-refractivity contribution in [1.82, 2.24) is 0 Å². The second kappa shape index (κ2) is 4.26. The summed E-state index contributed by atoms with van der Waals surface area (Å²) in [6.45, 7) is 1.92. The van der Waals surface area contributed by atoms with Crippen LogP contribution in [0, 0.1) is 16.7 Å². The Bertz CT molecular complexity index is 340. The van der Waals surface area contributed by atoms with E-state index in [2.05, 4.69) is 0 Å². The van der Waals surface area contributed by atoms with E-state index in [-0.39, 0.29) is 11.8 Å². The van der Waals surface area contributed by atoms with Crippen LogP contribution < -0.4 is 0 Å². The highest BCUT2D eigenvalue weighted by molar-refractivity contribution is 6.53. The molecule has 0 radical (unpaired) electrons. The van der Waals surface area contributed by atoms with Crippen LogP contribution in [-0.2, 0) is 0 Å². The summed E-state index contributed by atoms with van der Waals surface area (Å²) in [6, 6.07) is 0. The smallest absolute Gasteiger partial charge is 0.124 e. The van der Waals surface area contributed by atoms with Crippen molar-refractivity contribution in [1.29, 1.82) is 0 Å². The first-order chi connectivity index (χ1) is 7.55. The predicted octanol–water partition coefficient (Wildman–Crippen LogP) is 5.79. The molecule has 2 bridgehead atoms. The Labute approximate surface area is 136 Å². The summed E-state index contributed by atoms with van der Waals surface area (Å²) in [6.07, 6.45) is 0.881. The van der Waals surface area contributed by atoms with Crippen LogP contribution in [0.1, 0.15) is 19.8 Å². The normalized spacial score (nSPS) is 46.8. The highest BCUT2D eigenvalue weighted by Gasteiger charge is 2.80. The van der Waals surface area contributed by atoms with Crippen LogP contribution in [0.2, 0.25) is 0 Å². The van der Waals surface area contributed by atoms with Crippen LogP contribution in [0.15, 0.2) is 0 Å². The van der Waals surface area contributed by atoms with Crippen molar-refractivity contribution >= 4 is 81.2 Å². The van der Waals surface area contributed by atoms with Crippen molar-refractivity contribution in [3.8, 4) is 0 Å².